The first-order chi connectivity index (χ1) is 6.65. The normalized spacial score (nSPS) is 16.3. The van der Waals surface area contributed by atoms with Crippen molar-refractivity contribution in [3.05, 3.63) is 0 Å². The quantitative estimate of drug-likeness (QED) is 0.675. The minimum absolute atomic E-state index is 0.112. The lowest BCUT2D eigenvalue weighted by atomic mass is 9.88. The van der Waals surface area contributed by atoms with E-state index in [9.17, 15) is 13.2 Å². The van der Waals surface area contributed by atoms with Gasteiger partial charge in [0.2, 0.25) is 0 Å². The van der Waals surface area contributed by atoms with Crippen molar-refractivity contribution in [3.8, 4) is 0 Å². The predicted molar refractivity (Wildman–Crippen MR) is 56.6 cm³/mol. The third-order valence-corrected chi connectivity index (χ3v) is 3.89. The molecule has 0 aromatic heterocycles. The molecule has 6 nitrogen and oxygen atoms in total. The smallest absolute Gasteiger partial charge is 0.310 e. The topological polar surface area (TPSA) is 86.7 Å². The van der Waals surface area contributed by atoms with Gasteiger partial charge in [-0.15, -0.1) is 0 Å². The first-order valence-electron chi connectivity index (χ1n) is 4.56. The van der Waals surface area contributed by atoms with E-state index in [1.165, 1.54) is 21.0 Å². The van der Waals surface area contributed by atoms with Crippen LogP contribution in [0.1, 0.15) is 20.3 Å². The van der Waals surface area contributed by atoms with Crippen molar-refractivity contribution in [3.63, 3.8) is 0 Å². The molecule has 1 atom stereocenters. The van der Waals surface area contributed by atoms with E-state index in [1.54, 1.807) is 6.92 Å². The average Bonchev–Trinajstić information content (AvgIpc) is 2.13. The molecule has 0 heterocycles. The molecular formula is C8H18N2O4S. The van der Waals surface area contributed by atoms with Gasteiger partial charge >= 0.3 is 5.97 Å². The number of carboxylic acids is 1. The van der Waals surface area contributed by atoms with Crippen molar-refractivity contribution in [2.24, 2.45) is 5.41 Å². The number of aliphatic carboxylic acids is 1. The lowest BCUT2D eigenvalue weighted by Gasteiger charge is -2.24. The minimum atomic E-state index is -3.56. The van der Waals surface area contributed by atoms with Gasteiger partial charge in [0.15, 0.2) is 0 Å². The molecule has 0 radical (unpaired) electrons. The zero-order valence-corrected chi connectivity index (χ0v) is 10.3. The van der Waals surface area contributed by atoms with E-state index in [0.29, 0.717) is 6.42 Å². The van der Waals surface area contributed by atoms with Crippen LogP contribution < -0.4 is 4.72 Å². The second-order valence-corrected chi connectivity index (χ2v) is 5.80. The maximum Gasteiger partial charge on any atom is 0.310 e. The van der Waals surface area contributed by atoms with Gasteiger partial charge in [0, 0.05) is 20.6 Å². The van der Waals surface area contributed by atoms with Crippen molar-refractivity contribution >= 4 is 16.2 Å². The summed E-state index contributed by atoms with van der Waals surface area (Å²) in [6, 6.07) is 0. The molecule has 0 aliphatic carbocycles. The summed E-state index contributed by atoms with van der Waals surface area (Å²) in [6.07, 6.45) is 0.359. The molecule has 0 amide bonds. The molecule has 0 saturated carbocycles. The third-order valence-electron chi connectivity index (χ3n) is 2.42. The molecule has 2 N–H and O–H groups in total. The van der Waals surface area contributed by atoms with Crippen molar-refractivity contribution < 1.29 is 18.3 Å². The van der Waals surface area contributed by atoms with Crippen LogP contribution in [0.4, 0.5) is 0 Å². The Hall–Kier alpha value is -0.660. The molecule has 7 heteroatoms. The highest BCUT2D eigenvalue weighted by molar-refractivity contribution is 7.87. The van der Waals surface area contributed by atoms with E-state index < -0.39 is 21.6 Å². The van der Waals surface area contributed by atoms with E-state index in [4.69, 9.17) is 5.11 Å². The number of rotatable bonds is 6. The third kappa shape index (κ3) is 3.77. The van der Waals surface area contributed by atoms with Crippen LogP contribution in [0.3, 0.4) is 0 Å². The molecule has 0 aliphatic rings. The largest absolute Gasteiger partial charge is 0.481 e. The Morgan fingerprint density at radius 2 is 1.93 bits per heavy atom. The summed E-state index contributed by atoms with van der Waals surface area (Å²) >= 11 is 0. The van der Waals surface area contributed by atoms with Crippen LogP contribution >= 0.6 is 0 Å². The van der Waals surface area contributed by atoms with Crippen LogP contribution in [0, 0.1) is 5.41 Å². The van der Waals surface area contributed by atoms with Gasteiger partial charge in [0.25, 0.3) is 10.2 Å². The Morgan fingerprint density at radius 1 is 1.47 bits per heavy atom. The fourth-order valence-electron chi connectivity index (χ4n) is 0.731. The van der Waals surface area contributed by atoms with Gasteiger partial charge in [-0.3, -0.25) is 4.79 Å². The van der Waals surface area contributed by atoms with E-state index in [1.807, 2.05) is 0 Å². The van der Waals surface area contributed by atoms with Gasteiger partial charge in [-0.2, -0.15) is 12.7 Å². The maximum absolute atomic E-state index is 11.3. The van der Waals surface area contributed by atoms with E-state index in [-0.39, 0.29) is 6.54 Å². The Morgan fingerprint density at radius 3 is 2.20 bits per heavy atom. The zero-order valence-electron chi connectivity index (χ0n) is 9.44. The van der Waals surface area contributed by atoms with Crippen molar-refractivity contribution in [1.29, 1.82) is 0 Å². The Bertz CT molecular complexity index is 326. The first kappa shape index (κ1) is 14.3. The average molecular weight is 238 g/mol. The molecule has 15 heavy (non-hydrogen) atoms. The molecule has 0 fully saturated rings. The molecule has 0 bridgehead atoms. The Kier molecular flexibility index (Phi) is 4.69. The zero-order chi connectivity index (χ0) is 12.3. The fourth-order valence-corrected chi connectivity index (χ4v) is 1.49. The number of nitrogens with zero attached hydrogens (tertiary/aromatic N) is 1. The number of carboxylic acid groups (broad SMARTS) is 1. The summed E-state index contributed by atoms with van der Waals surface area (Å²) in [4.78, 5) is 10.9. The predicted octanol–water partition coefficient (Wildman–Crippen LogP) is -0.117. The second kappa shape index (κ2) is 4.91. The molecule has 0 spiro atoms. The highest BCUT2D eigenvalue weighted by Gasteiger charge is 2.32. The SMILES string of the molecule is CCC(C)(CNS(=O)(=O)N(C)C)C(=O)O. The van der Waals surface area contributed by atoms with Crippen molar-refractivity contribution in [1.82, 2.24) is 9.03 Å². The second-order valence-electron chi connectivity index (χ2n) is 3.83. The van der Waals surface area contributed by atoms with Crippen molar-refractivity contribution in [2.45, 2.75) is 20.3 Å². The summed E-state index contributed by atoms with van der Waals surface area (Å²) < 4.78 is 25.9. The molecule has 1 unspecified atom stereocenters. The maximum atomic E-state index is 11.3. The first-order valence-corrected chi connectivity index (χ1v) is 6.00. The highest BCUT2D eigenvalue weighted by Crippen LogP contribution is 2.20. The van der Waals surface area contributed by atoms with Gasteiger partial charge < -0.3 is 5.11 Å². The van der Waals surface area contributed by atoms with Crippen LogP contribution in [0.25, 0.3) is 0 Å². The van der Waals surface area contributed by atoms with Crippen LogP contribution in [0.2, 0.25) is 0 Å². The van der Waals surface area contributed by atoms with Crippen LogP contribution in [0.15, 0.2) is 0 Å². The molecule has 0 aromatic carbocycles. The molecule has 0 aromatic rings. The number of hydrogen-bond donors (Lipinski definition) is 2. The van der Waals surface area contributed by atoms with Crippen molar-refractivity contribution in [2.75, 3.05) is 20.6 Å². The standard InChI is InChI=1S/C8H18N2O4S/c1-5-8(2,7(11)12)6-9-15(13,14)10(3)4/h9H,5-6H2,1-4H3,(H,11,12). The van der Waals surface area contributed by atoms with E-state index in [2.05, 4.69) is 4.72 Å². The molecule has 0 aliphatic heterocycles. The van der Waals surface area contributed by atoms with Gasteiger partial charge in [0.05, 0.1) is 5.41 Å². The van der Waals surface area contributed by atoms with Gasteiger partial charge in [-0.25, -0.2) is 4.72 Å². The molecule has 0 saturated heterocycles. The minimum Gasteiger partial charge on any atom is -0.481 e. The molecule has 0 rings (SSSR count). The molecular weight excluding hydrogens is 220 g/mol. The van der Waals surface area contributed by atoms with Gasteiger partial charge in [-0.1, -0.05) is 6.92 Å². The number of carbonyl (C=O) groups is 1. The van der Waals surface area contributed by atoms with E-state index in [0.717, 1.165) is 4.31 Å². The fraction of sp³-hybridized carbons (Fsp3) is 0.875. The number of hydrogen-bond acceptors (Lipinski definition) is 3. The Balaban J connectivity index is 4.57. The lowest BCUT2D eigenvalue weighted by molar-refractivity contribution is -0.147. The highest BCUT2D eigenvalue weighted by atomic mass is 32.2. The number of nitrogens with one attached hydrogen (secondary N) is 1. The van der Waals surface area contributed by atoms with Crippen LogP contribution in [-0.2, 0) is 15.0 Å². The summed E-state index contributed by atoms with van der Waals surface area (Å²) in [5.74, 6) is -1.01. The monoisotopic (exact) mass is 238 g/mol. The summed E-state index contributed by atoms with van der Waals surface area (Å²) in [5, 5.41) is 8.92. The van der Waals surface area contributed by atoms with Gasteiger partial charge in [0.1, 0.15) is 0 Å². The van der Waals surface area contributed by atoms with Gasteiger partial charge in [-0.05, 0) is 13.3 Å². The Labute approximate surface area is 90.5 Å². The van der Waals surface area contributed by atoms with Crippen LogP contribution in [0.5, 0.6) is 0 Å². The van der Waals surface area contributed by atoms with Crippen LogP contribution in [-0.4, -0.2) is 44.4 Å². The van der Waals surface area contributed by atoms with E-state index >= 15 is 0 Å². The summed E-state index contributed by atoms with van der Waals surface area (Å²) in [5.41, 5.74) is -1.07. The molecule has 90 valence electrons. The summed E-state index contributed by atoms with van der Waals surface area (Å²) in [7, 11) is -0.792. The lowest BCUT2D eigenvalue weighted by Crippen LogP contribution is -2.44. The summed E-state index contributed by atoms with van der Waals surface area (Å²) in [6.45, 7) is 3.10.